The summed E-state index contributed by atoms with van der Waals surface area (Å²) in [5.41, 5.74) is 1.78. The van der Waals surface area contributed by atoms with Gasteiger partial charge in [0, 0.05) is 48.1 Å². The van der Waals surface area contributed by atoms with Crippen LogP contribution < -0.4 is 15.0 Å². The molecule has 4 aliphatic heterocycles. The summed E-state index contributed by atoms with van der Waals surface area (Å²) in [5, 5.41) is 5.47. The quantitative estimate of drug-likeness (QED) is 0.206. The molecule has 0 radical (unpaired) electrons. The molecule has 5 heterocycles. The van der Waals surface area contributed by atoms with Crippen molar-refractivity contribution in [3.8, 4) is 29.5 Å². The second-order valence-corrected chi connectivity index (χ2v) is 13.2. The fourth-order valence-electron chi connectivity index (χ4n) is 8.03. The number of ether oxygens (including phenoxy) is 1. The van der Waals surface area contributed by atoms with E-state index in [-0.39, 0.29) is 33.2 Å². The van der Waals surface area contributed by atoms with Gasteiger partial charge < -0.3 is 15.0 Å². The van der Waals surface area contributed by atoms with E-state index in [9.17, 15) is 4.39 Å². The second-order valence-electron chi connectivity index (χ2n) is 12.8. The van der Waals surface area contributed by atoms with E-state index >= 15 is 4.39 Å². The molecule has 0 aliphatic carbocycles. The number of benzene rings is 3. The van der Waals surface area contributed by atoms with Crippen LogP contribution in [0.25, 0.3) is 32.8 Å². The summed E-state index contributed by atoms with van der Waals surface area (Å²) in [6.07, 6.45) is 10.9. The van der Waals surface area contributed by atoms with Gasteiger partial charge in [0.25, 0.3) is 0 Å². The molecule has 8 rings (SSSR count). The third kappa shape index (κ3) is 4.36. The van der Waals surface area contributed by atoms with Crippen LogP contribution in [0.3, 0.4) is 0 Å². The lowest BCUT2D eigenvalue weighted by Gasteiger charge is -2.34. The summed E-state index contributed by atoms with van der Waals surface area (Å²) in [6, 6.07) is 10.8. The molecule has 0 amide bonds. The molecule has 4 aliphatic rings. The van der Waals surface area contributed by atoms with Crippen molar-refractivity contribution >= 4 is 39.1 Å². The maximum atomic E-state index is 17.0. The molecule has 1 aromatic heterocycles. The minimum absolute atomic E-state index is 0.0656. The topological polar surface area (TPSA) is 53.5 Å². The predicted octanol–water partition coefficient (Wildman–Crippen LogP) is 6.48. The van der Waals surface area contributed by atoms with Crippen LogP contribution in [-0.4, -0.2) is 65.3 Å². The molecule has 4 saturated heterocycles. The van der Waals surface area contributed by atoms with Gasteiger partial charge in [-0.15, -0.1) is 6.42 Å². The number of anilines is 1. The molecule has 3 aromatic carbocycles. The van der Waals surface area contributed by atoms with E-state index in [4.69, 9.17) is 27.7 Å². The number of hydrogen-bond donors (Lipinski definition) is 1. The van der Waals surface area contributed by atoms with Gasteiger partial charge in [-0.05, 0) is 61.7 Å². The van der Waals surface area contributed by atoms with E-state index in [2.05, 4.69) is 32.6 Å². The fraction of sp³-hybridized carbons (Fsp3) is 0.371. The highest BCUT2D eigenvalue weighted by Crippen LogP contribution is 2.44. The highest BCUT2D eigenvalue weighted by molar-refractivity contribution is 6.35. The van der Waals surface area contributed by atoms with Gasteiger partial charge in [0.05, 0.1) is 16.1 Å². The van der Waals surface area contributed by atoms with E-state index in [1.165, 1.54) is 11.6 Å². The third-order valence-electron chi connectivity index (χ3n) is 9.97. The average Bonchev–Trinajstić information content (AvgIpc) is 3.66. The Kier molecular flexibility index (Phi) is 6.56. The van der Waals surface area contributed by atoms with Crippen LogP contribution >= 0.6 is 11.6 Å². The highest BCUT2D eigenvalue weighted by Gasteiger charge is 2.46. The lowest BCUT2D eigenvalue weighted by Crippen LogP contribution is -2.51. The summed E-state index contributed by atoms with van der Waals surface area (Å²) < 4.78 is 38.2. The number of hydrogen-bond acceptors (Lipinski definition) is 6. The monoisotopic (exact) mass is 611 g/mol. The van der Waals surface area contributed by atoms with E-state index in [0.717, 1.165) is 58.3 Å². The number of nitrogens with one attached hydrogen (secondary N) is 1. The average molecular weight is 612 g/mol. The first kappa shape index (κ1) is 27.8. The zero-order chi connectivity index (χ0) is 30.2. The molecular formula is C35H32ClF2N5O. The minimum atomic E-state index is -0.617. The molecule has 4 aromatic rings. The van der Waals surface area contributed by atoms with E-state index in [0.29, 0.717) is 46.2 Å². The molecule has 0 spiro atoms. The van der Waals surface area contributed by atoms with Gasteiger partial charge >= 0.3 is 6.01 Å². The van der Waals surface area contributed by atoms with E-state index in [1.54, 1.807) is 24.3 Å². The van der Waals surface area contributed by atoms with Crippen LogP contribution in [0.2, 0.25) is 5.02 Å². The standard InChI is InChI=1S/C35H32ClF2N5O/c1-3-24-28(37)11-8-21-6-4-7-25(29(21)24)30-27(36)14-26-32(31(30)38)40-34(41-33(26)42-17-22-9-10-23(18-42)39-22)44-19-35-12-5-13-43(35)16-20(2)15-35/h1,4,6-8,11,14,22-23,39H,2,5,9-10,12-13,15-19H2/t22-,23+,35?. The van der Waals surface area contributed by atoms with Crippen molar-refractivity contribution in [1.29, 1.82) is 0 Å². The first-order chi connectivity index (χ1) is 21.3. The largest absolute Gasteiger partial charge is 0.461 e. The van der Waals surface area contributed by atoms with Gasteiger partial charge in [-0.3, -0.25) is 4.90 Å². The minimum Gasteiger partial charge on any atom is -0.461 e. The Morgan fingerprint density at radius 3 is 2.77 bits per heavy atom. The van der Waals surface area contributed by atoms with Crippen molar-refractivity contribution < 1.29 is 13.5 Å². The zero-order valence-electron chi connectivity index (χ0n) is 24.3. The molecule has 3 atom stereocenters. The molecule has 6 nitrogen and oxygen atoms in total. The fourth-order valence-corrected chi connectivity index (χ4v) is 8.33. The lowest BCUT2D eigenvalue weighted by molar-refractivity contribution is 0.108. The maximum absolute atomic E-state index is 17.0. The molecule has 4 fully saturated rings. The lowest BCUT2D eigenvalue weighted by atomic mass is 9.93. The smallest absolute Gasteiger partial charge is 0.319 e. The number of halogens is 3. The Labute approximate surface area is 260 Å². The van der Waals surface area contributed by atoms with Gasteiger partial charge in [-0.2, -0.15) is 9.97 Å². The van der Waals surface area contributed by atoms with Gasteiger partial charge in [0.15, 0.2) is 5.82 Å². The van der Waals surface area contributed by atoms with Crippen molar-refractivity contribution in [1.82, 2.24) is 20.2 Å². The second kappa shape index (κ2) is 10.4. The summed E-state index contributed by atoms with van der Waals surface area (Å²) in [6.45, 7) is 8.01. The summed E-state index contributed by atoms with van der Waals surface area (Å²) in [7, 11) is 0. The van der Waals surface area contributed by atoms with Gasteiger partial charge in [0.1, 0.15) is 23.8 Å². The Morgan fingerprint density at radius 1 is 1.16 bits per heavy atom. The van der Waals surface area contributed by atoms with Crippen molar-refractivity contribution in [2.24, 2.45) is 0 Å². The SMILES string of the molecule is C#Cc1c(F)ccc2cccc(-c3c(Cl)cc4c(N5C[C@H]6CC[C@@H](C5)N6)nc(OCC56CCCN5CC(=C)C6)nc4c3F)c12. The normalized spacial score (nSPS) is 24.8. The van der Waals surface area contributed by atoms with Crippen molar-refractivity contribution in [3.05, 3.63) is 70.8 Å². The maximum Gasteiger partial charge on any atom is 0.319 e. The molecule has 44 heavy (non-hydrogen) atoms. The van der Waals surface area contributed by atoms with Crippen molar-refractivity contribution in [2.45, 2.75) is 49.7 Å². The molecule has 9 heteroatoms. The van der Waals surface area contributed by atoms with Crippen LogP contribution in [0.1, 0.15) is 37.7 Å². The number of rotatable bonds is 5. The zero-order valence-corrected chi connectivity index (χ0v) is 25.1. The Balaban J connectivity index is 1.29. The first-order valence-electron chi connectivity index (χ1n) is 15.3. The number of nitrogens with zero attached hydrogens (tertiary/aromatic N) is 4. The van der Waals surface area contributed by atoms with Crippen LogP contribution in [0.15, 0.2) is 48.6 Å². The Hall–Kier alpha value is -3.77. The predicted molar refractivity (Wildman–Crippen MR) is 170 cm³/mol. The number of piperazine rings is 1. The van der Waals surface area contributed by atoms with Crippen molar-refractivity contribution in [3.63, 3.8) is 0 Å². The molecule has 2 bridgehead atoms. The Morgan fingerprint density at radius 2 is 1.98 bits per heavy atom. The number of fused-ring (bicyclic) bond motifs is 5. The number of aromatic nitrogens is 2. The summed E-state index contributed by atoms with van der Waals surface area (Å²) in [5.74, 6) is 1.90. The molecule has 1 unspecified atom stereocenters. The highest BCUT2D eigenvalue weighted by atomic mass is 35.5. The molecule has 224 valence electrons. The Bertz CT molecular complexity index is 1890. The van der Waals surface area contributed by atoms with Crippen molar-refractivity contribution in [2.75, 3.05) is 37.7 Å². The van der Waals surface area contributed by atoms with Crippen LogP contribution in [0.5, 0.6) is 6.01 Å². The van der Waals surface area contributed by atoms with E-state index in [1.807, 2.05) is 6.07 Å². The molecule has 1 N–H and O–H groups in total. The summed E-state index contributed by atoms with van der Waals surface area (Å²) >= 11 is 6.90. The van der Waals surface area contributed by atoms with Crippen LogP contribution in [0.4, 0.5) is 14.6 Å². The third-order valence-corrected chi connectivity index (χ3v) is 10.3. The first-order valence-corrected chi connectivity index (χ1v) is 15.6. The van der Waals surface area contributed by atoms with Crippen LogP contribution in [-0.2, 0) is 0 Å². The van der Waals surface area contributed by atoms with Gasteiger partial charge in [-0.25, -0.2) is 8.78 Å². The summed E-state index contributed by atoms with van der Waals surface area (Å²) in [4.78, 5) is 14.2. The van der Waals surface area contributed by atoms with Gasteiger partial charge in [-0.1, -0.05) is 53.9 Å². The van der Waals surface area contributed by atoms with Gasteiger partial charge in [0.2, 0.25) is 0 Å². The molecule has 0 saturated carbocycles. The number of terminal acetylenes is 1. The molecular weight excluding hydrogens is 580 g/mol. The van der Waals surface area contributed by atoms with Crippen LogP contribution in [0, 0.1) is 24.0 Å². The van der Waals surface area contributed by atoms with E-state index < -0.39 is 11.6 Å².